The van der Waals surface area contributed by atoms with Crippen LogP contribution >= 0.6 is 0 Å². The molecular formula is C21H25NO5. The minimum Gasteiger partial charge on any atom is -0.497 e. The third kappa shape index (κ3) is 4.99. The van der Waals surface area contributed by atoms with Crippen molar-refractivity contribution in [2.24, 2.45) is 5.41 Å². The maximum Gasteiger partial charge on any atom is 0.230 e. The van der Waals surface area contributed by atoms with E-state index >= 15 is 0 Å². The van der Waals surface area contributed by atoms with Gasteiger partial charge in [0.05, 0.1) is 32.3 Å². The Kier molecular flexibility index (Phi) is 6.32. The van der Waals surface area contributed by atoms with Crippen molar-refractivity contribution in [1.29, 1.82) is 0 Å². The van der Waals surface area contributed by atoms with Crippen molar-refractivity contribution >= 4 is 5.91 Å². The molecule has 0 unspecified atom stereocenters. The van der Waals surface area contributed by atoms with Gasteiger partial charge >= 0.3 is 0 Å². The molecular weight excluding hydrogens is 346 g/mol. The smallest absolute Gasteiger partial charge is 0.230 e. The van der Waals surface area contributed by atoms with E-state index in [2.05, 4.69) is 5.32 Å². The lowest BCUT2D eigenvalue weighted by molar-refractivity contribution is -0.228. The molecule has 0 radical (unpaired) electrons. The molecule has 1 fully saturated rings. The van der Waals surface area contributed by atoms with Crippen LogP contribution in [-0.2, 0) is 14.3 Å². The number of ether oxygens (including phenoxy) is 4. The predicted molar refractivity (Wildman–Crippen MR) is 101 cm³/mol. The topological polar surface area (TPSA) is 66.0 Å². The van der Waals surface area contributed by atoms with Gasteiger partial charge in [0.2, 0.25) is 5.91 Å². The second kappa shape index (κ2) is 8.88. The van der Waals surface area contributed by atoms with Crippen molar-refractivity contribution in [3.63, 3.8) is 0 Å². The number of carbonyl (C=O) groups excluding carboxylic acids is 1. The Hall–Kier alpha value is -2.57. The number of carbonyl (C=O) groups is 1. The first-order valence-corrected chi connectivity index (χ1v) is 8.94. The third-order valence-electron chi connectivity index (χ3n) is 4.44. The van der Waals surface area contributed by atoms with Gasteiger partial charge in [0.15, 0.2) is 6.29 Å². The fourth-order valence-corrected chi connectivity index (χ4v) is 2.76. The van der Waals surface area contributed by atoms with Crippen LogP contribution in [0.15, 0.2) is 54.6 Å². The Morgan fingerprint density at radius 2 is 1.74 bits per heavy atom. The summed E-state index contributed by atoms with van der Waals surface area (Å²) in [6, 6.07) is 17.0. The van der Waals surface area contributed by atoms with Crippen LogP contribution in [0.4, 0.5) is 0 Å². The van der Waals surface area contributed by atoms with Gasteiger partial charge in [-0.1, -0.05) is 30.3 Å². The van der Waals surface area contributed by atoms with Gasteiger partial charge in [-0.25, -0.2) is 0 Å². The van der Waals surface area contributed by atoms with Gasteiger partial charge in [-0.3, -0.25) is 4.79 Å². The maximum atomic E-state index is 12.5. The van der Waals surface area contributed by atoms with Crippen molar-refractivity contribution in [2.45, 2.75) is 13.2 Å². The Morgan fingerprint density at radius 3 is 2.37 bits per heavy atom. The highest BCUT2D eigenvalue weighted by Gasteiger charge is 2.39. The summed E-state index contributed by atoms with van der Waals surface area (Å²) in [5.74, 6) is 1.45. The molecule has 0 aromatic heterocycles. The van der Waals surface area contributed by atoms with Crippen molar-refractivity contribution < 1.29 is 23.7 Å². The van der Waals surface area contributed by atoms with Gasteiger partial charge in [0.1, 0.15) is 18.1 Å². The maximum absolute atomic E-state index is 12.5. The first kappa shape index (κ1) is 19.2. The highest BCUT2D eigenvalue weighted by molar-refractivity contribution is 5.82. The Labute approximate surface area is 159 Å². The minimum atomic E-state index is -0.726. The van der Waals surface area contributed by atoms with Crippen molar-refractivity contribution in [3.8, 4) is 11.5 Å². The second-order valence-corrected chi connectivity index (χ2v) is 6.71. The first-order chi connectivity index (χ1) is 13.1. The van der Waals surface area contributed by atoms with E-state index in [9.17, 15) is 4.79 Å². The largest absolute Gasteiger partial charge is 0.497 e. The number of amides is 1. The average molecular weight is 371 g/mol. The molecule has 0 bridgehead atoms. The number of benzene rings is 2. The van der Waals surface area contributed by atoms with Crippen LogP contribution in [0.25, 0.3) is 0 Å². The van der Waals surface area contributed by atoms with Gasteiger partial charge in [0, 0.05) is 5.56 Å². The summed E-state index contributed by atoms with van der Waals surface area (Å²) in [7, 11) is 1.62. The second-order valence-electron chi connectivity index (χ2n) is 6.71. The quantitative estimate of drug-likeness (QED) is 0.758. The molecule has 1 saturated heterocycles. The van der Waals surface area contributed by atoms with E-state index in [0.29, 0.717) is 13.2 Å². The number of hydrogen-bond acceptors (Lipinski definition) is 5. The molecule has 1 aliphatic heterocycles. The van der Waals surface area contributed by atoms with Gasteiger partial charge in [-0.2, -0.15) is 0 Å². The lowest BCUT2D eigenvalue weighted by Gasteiger charge is -2.36. The van der Waals surface area contributed by atoms with E-state index in [1.54, 1.807) is 7.11 Å². The molecule has 144 valence electrons. The van der Waals surface area contributed by atoms with E-state index in [1.807, 2.05) is 61.5 Å². The number of para-hydroxylation sites is 1. The normalized spacial score (nSPS) is 22.1. The van der Waals surface area contributed by atoms with E-state index in [1.165, 1.54) is 0 Å². The van der Waals surface area contributed by atoms with Crippen LogP contribution in [0.2, 0.25) is 0 Å². The SMILES string of the molecule is COc1ccc(C2OCC(C)(C(=O)NCCOc3ccccc3)CO2)cc1. The van der Waals surface area contributed by atoms with Gasteiger partial charge in [-0.05, 0) is 31.2 Å². The zero-order valence-corrected chi connectivity index (χ0v) is 15.6. The molecule has 2 aromatic carbocycles. The molecule has 6 heteroatoms. The third-order valence-corrected chi connectivity index (χ3v) is 4.44. The highest BCUT2D eigenvalue weighted by Crippen LogP contribution is 2.32. The summed E-state index contributed by atoms with van der Waals surface area (Å²) < 4.78 is 22.3. The minimum absolute atomic E-state index is 0.104. The van der Waals surface area contributed by atoms with Gasteiger partial charge in [-0.15, -0.1) is 0 Å². The van der Waals surface area contributed by atoms with Crippen molar-refractivity contribution in [2.75, 3.05) is 33.5 Å². The number of rotatable bonds is 7. The summed E-state index contributed by atoms with van der Waals surface area (Å²) in [5.41, 5.74) is 0.171. The number of hydrogen-bond donors (Lipinski definition) is 1. The van der Waals surface area contributed by atoms with E-state index in [0.717, 1.165) is 17.1 Å². The Bertz CT molecular complexity index is 724. The monoisotopic (exact) mass is 371 g/mol. The fraction of sp³-hybridized carbons (Fsp3) is 0.381. The van der Waals surface area contributed by atoms with Crippen LogP contribution in [0.1, 0.15) is 18.8 Å². The van der Waals surface area contributed by atoms with Crippen LogP contribution in [0.5, 0.6) is 11.5 Å². The van der Waals surface area contributed by atoms with E-state index in [4.69, 9.17) is 18.9 Å². The van der Waals surface area contributed by atoms with Crippen LogP contribution in [-0.4, -0.2) is 39.4 Å². The molecule has 0 aliphatic carbocycles. The number of methoxy groups -OCH3 is 1. The van der Waals surface area contributed by atoms with Crippen molar-refractivity contribution in [3.05, 3.63) is 60.2 Å². The fourth-order valence-electron chi connectivity index (χ4n) is 2.76. The molecule has 6 nitrogen and oxygen atoms in total. The zero-order valence-electron chi connectivity index (χ0n) is 15.6. The van der Waals surface area contributed by atoms with E-state index in [-0.39, 0.29) is 19.1 Å². The highest BCUT2D eigenvalue weighted by atomic mass is 16.7. The molecule has 0 spiro atoms. The summed E-state index contributed by atoms with van der Waals surface area (Å²) >= 11 is 0. The summed E-state index contributed by atoms with van der Waals surface area (Å²) in [6.07, 6.45) is -0.474. The zero-order chi connectivity index (χ0) is 19.1. The van der Waals surface area contributed by atoms with Crippen LogP contribution in [0.3, 0.4) is 0 Å². The van der Waals surface area contributed by atoms with E-state index < -0.39 is 11.7 Å². The average Bonchev–Trinajstić information content (AvgIpc) is 2.72. The molecule has 1 N–H and O–H groups in total. The van der Waals surface area contributed by atoms with Crippen LogP contribution < -0.4 is 14.8 Å². The van der Waals surface area contributed by atoms with Gasteiger partial charge in [0.25, 0.3) is 0 Å². The molecule has 3 rings (SSSR count). The molecule has 27 heavy (non-hydrogen) atoms. The molecule has 1 aliphatic rings. The van der Waals surface area contributed by atoms with Crippen molar-refractivity contribution in [1.82, 2.24) is 5.32 Å². The number of nitrogens with one attached hydrogen (secondary N) is 1. The Morgan fingerprint density at radius 1 is 1.07 bits per heavy atom. The lowest BCUT2D eigenvalue weighted by atomic mass is 9.90. The molecule has 1 heterocycles. The standard InChI is InChI=1S/C21H25NO5/c1-21(20(23)22-12-13-25-18-6-4-3-5-7-18)14-26-19(27-15-21)16-8-10-17(24-2)11-9-16/h3-11,19H,12-15H2,1-2H3,(H,22,23). The molecule has 1 amide bonds. The molecule has 2 aromatic rings. The van der Waals surface area contributed by atoms with Crippen LogP contribution in [0, 0.1) is 5.41 Å². The Balaban J connectivity index is 1.44. The molecule has 0 saturated carbocycles. The first-order valence-electron chi connectivity index (χ1n) is 8.94. The molecule has 0 atom stereocenters. The van der Waals surface area contributed by atoms with Gasteiger partial charge < -0.3 is 24.3 Å². The summed E-state index contributed by atoms with van der Waals surface area (Å²) in [4.78, 5) is 12.5. The lowest BCUT2D eigenvalue weighted by Crippen LogP contribution is -2.49. The summed E-state index contributed by atoms with van der Waals surface area (Å²) in [6.45, 7) is 3.24. The summed E-state index contributed by atoms with van der Waals surface area (Å²) in [5, 5.41) is 2.89. The predicted octanol–water partition coefficient (Wildman–Crippen LogP) is 2.94.